The van der Waals surface area contributed by atoms with Crippen LogP contribution in [-0.2, 0) is 10.0 Å². The molecule has 0 spiro atoms. The molecule has 8 heteroatoms. The van der Waals surface area contributed by atoms with Crippen molar-refractivity contribution in [2.75, 3.05) is 13.1 Å². The molecule has 1 unspecified atom stereocenters. The van der Waals surface area contributed by atoms with Crippen molar-refractivity contribution in [3.05, 3.63) is 0 Å². The number of alkyl halides is 3. The smallest absolute Gasteiger partial charge is 0.329 e. The van der Waals surface area contributed by atoms with Crippen LogP contribution >= 0.6 is 0 Å². The minimum Gasteiger partial charge on any atom is -0.329 e. The minimum atomic E-state index is -4.25. The Kier molecular flexibility index (Phi) is 6.27. The van der Waals surface area contributed by atoms with Gasteiger partial charge in [-0.3, -0.25) is 0 Å². The molecule has 4 nitrogen and oxygen atoms in total. The summed E-state index contributed by atoms with van der Waals surface area (Å²) in [5.41, 5.74) is 5.24. The summed E-state index contributed by atoms with van der Waals surface area (Å²) < 4.78 is 60.3. The Labute approximate surface area is 93.4 Å². The van der Waals surface area contributed by atoms with Crippen LogP contribution in [0.5, 0.6) is 0 Å². The standard InChI is InChI=1S/C8H17F3N2O2S/c1-2-7(6-12)16(14,15)13-5-3-4-8(9,10)11/h7,13H,2-6,12H2,1H3. The highest BCUT2D eigenvalue weighted by Crippen LogP contribution is 2.20. The predicted molar refractivity (Wildman–Crippen MR) is 55.3 cm³/mol. The SMILES string of the molecule is CCC(CN)S(=O)(=O)NCCCC(F)(F)F. The zero-order valence-corrected chi connectivity index (χ0v) is 9.87. The van der Waals surface area contributed by atoms with E-state index in [-0.39, 0.29) is 19.5 Å². The molecular formula is C8H17F3N2O2S. The number of hydrogen-bond acceptors (Lipinski definition) is 3. The van der Waals surface area contributed by atoms with E-state index in [0.29, 0.717) is 6.42 Å². The summed E-state index contributed by atoms with van der Waals surface area (Å²) in [5, 5.41) is -0.738. The summed E-state index contributed by atoms with van der Waals surface area (Å²) in [6.07, 6.45) is -5.16. The maximum absolute atomic E-state index is 11.8. The molecule has 3 N–H and O–H groups in total. The second-order valence-electron chi connectivity index (χ2n) is 3.42. The monoisotopic (exact) mass is 262 g/mol. The molecule has 0 saturated carbocycles. The average molecular weight is 262 g/mol. The topological polar surface area (TPSA) is 72.2 Å². The Bertz CT molecular complexity index is 286. The number of nitrogens with one attached hydrogen (secondary N) is 1. The van der Waals surface area contributed by atoms with E-state index >= 15 is 0 Å². The molecule has 0 aliphatic heterocycles. The molecular weight excluding hydrogens is 245 g/mol. The average Bonchev–Trinajstić information content (AvgIpc) is 2.12. The van der Waals surface area contributed by atoms with Crippen molar-refractivity contribution in [2.45, 2.75) is 37.6 Å². The van der Waals surface area contributed by atoms with Crippen molar-refractivity contribution < 1.29 is 21.6 Å². The van der Waals surface area contributed by atoms with Crippen molar-refractivity contribution in [3.63, 3.8) is 0 Å². The molecule has 0 aliphatic rings. The van der Waals surface area contributed by atoms with E-state index < -0.39 is 27.9 Å². The summed E-state index contributed by atoms with van der Waals surface area (Å²) in [6, 6.07) is 0. The fourth-order valence-corrected chi connectivity index (χ4v) is 2.49. The van der Waals surface area contributed by atoms with Gasteiger partial charge in [-0.1, -0.05) is 6.92 Å². The van der Waals surface area contributed by atoms with Gasteiger partial charge in [0.15, 0.2) is 0 Å². The number of nitrogens with two attached hydrogens (primary N) is 1. The molecule has 0 fully saturated rings. The Balaban J connectivity index is 4.01. The second-order valence-corrected chi connectivity index (χ2v) is 5.47. The number of halogens is 3. The van der Waals surface area contributed by atoms with Crippen molar-refractivity contribution >= 4 is 10.0 Å². The van der Waals surface area contributed by atoms with Gasteiger partial charge in [0.05, 0.1) is 5.25 Å². The van der Waals surface area contributed by atoms with E-state index in [1.165, 1.54) is 0 Å². The largest absolute Gasteiger partial charge is 0.389 e. The quantitative estimate of drug-likeness (QED) is 0.672. The van der Waals surface area contributed by atoms with E-state index in [0.717, 1.165) is 0 Å². The van der Waals surface area contributed by atoms with Gasteiger partial charge in [-0.2, -0.15) is 13.2 Å². The molecule has 0 aromatic heterocycles. The molecule has 1 atom stereocenters. The van der Waals surface area contributed by atoms with Gasteiger partial charge in [0.1, 0.15) is 0 Å². The number of hydrogen-bond donors (Lipinski definition) is 2. The second kappa shape index (κ2) is 6.41. The Morgan fingerprint density at radius 1 is 1.38 bits per heavy atom. The fourth-order valence-electron chi connectivity index (χ4n) is 1.13. The molecule has 0 aromatic rings. The van der Waals surface area contributed by atoms with Crippen LogP contribution < -0.4 is 10.5 Å². The number of rotatable bonds is 7. The normalized spacial score (nSPS) is 15.1. The van der Waals surface area contributed by atoms with Crippen LogP contribution in [0.25, 0.3) is 0 Å². The van der Waals surface area contributed by atoms with E-state index in [2.05, 4.69) is 4.72 Å². The summed E-state index contributed by atoms with van der Waals surface area (Å²) >= 11 is 0. The highest BCUT2D eigenvalue weighted by atomic mass is 32.2. The maximum Gasteiger partial charge on any atom is 0.389 e. The van der Waals surface area contributed by atoms with Crippen molar-refractivity contribution in [1.29, 1.82) is 0 Å². The first-order chi connectivity index (χ1) is 7.23. The lowest BCUT2D eigenvalue weighted by Crippen LogP contribution is -2.39. The zero-order chi connectivity index (χ0) is 12.8. The molecule has 16 heavy (non-hydrogen) atoms. The first-order valence-corrected chi connectivity index (χ1v) is 6.53. The highest BCUT2D eigenvalue weighted by Gasteiger charge is 2.27. The summed E-state index contributed by atoms with van der Waals surface area (Å²) in [4.78, 5) is 0. The lowest BCUT2D eigenvalue weighted by Gasteiger charge is -2.14. The third-order valence-corrected chi connectivity index (χ3v) is 4.11. The Morgan fingerprint density at radius 3 is 2.31 bits per heavy atom. The molecule has 0 bridgehead atoms. The molecule has 0 heterocycles. The van der Waals surface area contributed by atoms with Gasteiger partial charge < -0.3 is 5.73 Å². The van der Waals surface area contributed by atoms with Crippen LogP contribution in [0.1, 0.15) is 26.2 Å². The molecule has 0 amide bonds. The minimum absolute atomic E-state index is 0.0366. The van der Waals surface area contributed by atoms with Gasteiger partial charge in [-0.25, -0.2) is 13.1 Å². The van der Waals surface area contributed by atoms with E-state index in [1.807, 2.05) is 0 Å². The highest BCUT2D eigenvalue weighted by molar-refractivity contribution is 7.90. The van der Waals surface area contributed by atoms with Crippen LogP contribution in [0.4, 0.5) is 13.2 Å². The summed E-state index contributed by atoms with van der Waals surface area (Å²) in [6.45, 7) is 1.41. The van der Waals surface area contributed by atoms with E-state index in [1.54, 1.807) is 6.92 Å². The lowest BCUT2D eigenvalue weighted by atomic mass is 10.3. The Morgan fingerprint density at radius 2 is 1.94 bits per heavy atom. The van der Waals surface area contributed by atoms with Gasteiger partial charge in [0.2, 0.25) is 10.0 Å². The molecule has 0 aromatic carbocycles. The summed E-state index contributed by atoms with van der Waals surface area (Å²) in [7, 11) is -3.58. The first kappa shape index (κ1) is 15.7. The lowest BCUT2D eigenvalue weighted by molar-refractivity contribution is -0.135. The predicted octanol–water partition coefficient (Wildman–Crippen LogP) is 0.986. The van der Waals surface area contributed by atoms with Crippen LogP contribution in [0, 0.1) is 0 Å². The van der Waals surface area contributed by atoms with Gasteiger partial charge in [0.25, 0.3) is 0 Å². The molecule has 0 radical (unpaired) electrons. The van der Waals surface area contributed by atoms with Gasteiger partial charge in [-0.15, -0.1) is 0 Å². The first-order valence-electron chi connectivity index (χ1n) is 4.98. The van der Waals surface area contributed by atoms with Crippen LogP contribution in [0.3, 0.4) is 0 Å². The van der Waals surface area contributed by atoms with Crippen LogP contribution in [0.15, 0.2) is 0 Å². The summed E-state index contributed by atoms with van der Waals surface area (Å²) in [5.74, 6) is 0. The maximum atomic E-state index is 11.8. The van der Waals surface area contributed by atoms with Crippen molar-refractivity contribution in [3.8, 4) is 0 Å². The van der Waals surface area contributed by atoms with E-state index in [9.17, 15) is 21.6 Å². The van der Waals surface area contributed by atoms with Crippen LogP contribution in [0.2, 0.25) is 0 Å². The fraction of sp³-hybridized carbons (Fsp3) is 1.00. The van der Waals surface area contributed by atoms with Gasteiger partial charge in [0, 0.05) is 19.5 Å². The molecule has 98 valence electrons. The third kappa shape index (κ3) is 6.29. The molecule has 0 rings (SSSR count). The third-order valence-electron chi connectivity index (χ3n) is 2.10. The number of sulfonamides is 1. The van der Waals surface area contributed by atoms with Crippen molar-refractivity contribution in [2.24, 2.45) is 5.73 Å². The Hall–Kier alpha value is -0.340. The van der Waals surface area contributed by atoms with Crippen molar-refractivity contribution in [1.82, 2.24) is 4.72 Å². The van der Waals surface area contributed by atoms with Gasteiger partial charge >= 0.3 is 6.18 Å². The molecule has 0 saturated heterocycles. The van der Waals surface area contributed by atoms with Crippen LogP contribution in [-0.4, -0.2) is 32.9 Å². The zero-order valence-electron chi connectivity index (χ0n) is 9.05. The van der Waals surface area contributed by atoms with E-state index in [4.69, 9.17) is 5.73 Å². The molecule has 0 aliphatic carbocycles. The van der Waals surface area contributed by atoms with Gasteiger partial charge in [-0.05, 0) is 12.8 Å².